The van der Waals surface area contributed by atoms with E-state index in [1.165, 1.54) is 12.1 Å². The number of hydrazone groups is 1. The molecule has 1 aliphatic heterocycles. The van der Waals surface area contributed by atoms with Crippen molar-refractivity contribution in [3.05, 3.63) is 65.5 Å². The third kappa shape index (κ3) is 6.47. The highest BCUT2D eigenvalue weighted by atomic mass is 19.1. The van der Waals surface area contributed by atoms with Crippen LogP contribution in [0.2, 0.25) is 0 Å². The highest BCUT2D eigenvalue weighted by molar-refractivity contribution is 5.83. The van der Waals surface area contributed by atoms with Crippen molar-refractivity contribution in [3.63, 3.8) is 0 Å². The Morgan fingerprint density at radius 1 is 1.22 bits per heavy atom. The summed E-state index contributed by atoms with van der Waals surface area (Å²) in [5.74, 6) is 0.245. The van der Waals surface area contributed by atoms with E-state index in [0.29, 0.717) is 32.1 Å². The molecule has 2 aromatic rings. The molecule has 3 rings (SSSR count). The van der Waals surface area contributed by atoms with Crippen LogP contribution in [-0.4, -0.2) is 49.9 Å². The molecule has 1 fully saturated rings. The molecule has 6 nitrogen and oxygen atoms in total. The number of morpholine rings is 1. The van der Waals surface area contributed by atoms with Crippen LogP contribution in [-0.2, 0) is 16.1 Å². The Balaban J connectivity index is 1.42. The van der Waals surface area contributed by atoms with Gasteiger partial charge >= 0.3 is 0 Å². The predicted molar refractivity (Wildman–Crippen MR) is 100 cm³/mol. The van der Waals surface area contributed by atoms with Crippen LogP contribution >= 0.6 is 0 Å². The number of amides is 1. The fourth-order valence-electron chi connectivity index (χ4n) is 2.62. The number of halogens is 1. The van der Waals surface area contributed by atoms with Gasteiger partial charge in [-0.05, 0) is 47.5 Å². The zero-order valence-electron chi connectivity index (χ0n) is 14.9. The Bertz CT molecular complexity index is 774. The van der Waals surface area contributed by atoms with E-state index in [1.807, 2.05) is 23.1 Å². The summed E-state index contributed by atoms with van der Waals surface area (Å²) in [7, 11) is 0. The van der Waals surface area contributed by atoms with Crippen molar-refractivity contribution in [1.29, 1.82) is 0 Å². The predicted octanol–water partition coefficient (Wildman–Crippen LogP) is 2.19. The Labute approximate surface area is 157 Å². The van der Waals surface area contributed by atoms with Gasteiger partial charge in [-0.2, -0.15) is 5.10 Å². The van der Waals surface area contributed by atoms with E-state index in [2.05, 4.69) is 10.5 Å². The van der Waals surface area contributed by atoms with Crippen LogP contribution in [0.25, 0.3) is 0 Å². The Kier molecular flexibility index (Phi) is 6.90. The first-order valence-electron chi connectivity index (χ1n) is 8.78. The molecule has 0 atom stereocenters. The molecule has 0 unspecified atom stereocenters. The SMILES string of the molecule is O=C(CN1CCOCC1)NN=Cc1ccc(OCc2cccc(F)c2)cc1. The third-order valence-corrected chi connectivity index (χ3v) is 4.05. The number of carbonyl (C=O) groups is 1. The van der Waals surface area contributed by atoms with Crippen LogP contribution in [0.15, 0.2) is 53.6 Å². The van der Waals surface area contributed by atoms with Crippen LogP contribution in [0.4, 0.5) is 4.39 Å². The van der Waals surface area contributed by atoms with Gasteiger partial charge in [0.1, 0.15) is 18.2 Å². The summed E-state index contributed by atoms with van der Waals surface area (Å²) >= 11 is 0. The van der Waals surface area contributed by atoms with E-state index in [9.17, 15) is 9.18 Å². The Morgan fingerprint density at radius 3 is 2.74 bits per heavy atom. The van der Waals surface area contributed by atoms with E-state index in [0.717, 1.165) is 24.2 Å². The van der Waals surface area contributed by atoms with Gasteiger partial charge in [0.25, 0.3) is 5.91 Å². The highest BCUT2D eigenvalue weighted by Gasteiger charge is 2.13. The van der Waals surface area contributed by atoms with Crippen molar-refractivity contribution in [2.45, 2.75) is 6.61 Å². The smallest absolute Gasteiger partial charge is 0.254 e. The van der Waals surface area contributed by atoms with Crippen molar-refractivity contribution in [2.24, 2.45) is 5.10 Å². The molecule has 1 aliphatic rings. The molecule has 1 saturated heterocycles. The van der Waals surface area contributed by atoms with Crippen LogP contribution < -0.4 is 10.2 Å². The third-order valence-electron chi connectivity index (χ3n) is 4.05. The molecule has 0 aliphatic carbocycles. The number of ether oxygens (including phenoxy) is 2. The van der Waals surface area contributed by atoms with E-state index >= 15 is 0 Å². The molecule has 2 aromatic carbocycles. The van der Waals surface area contributed by atoms with Crippen molar-refractivity contribution in [3.8, 4) is 5.75 Å². The largest absolute Gasteiger partial charge is 0.489 e. The van der Waals surface area contributed by atoms with Crippen LogP contribution in [0.1, 0.15) is 11.1 Å². The lowest BCUT2D eigenvalue weighted by Gasteiger charge is -2.25. The van der Waals surface area contributed by atoms with Gasteiger partial charge in [0.05, 0.1) is 26.0 Å². The lowest BCUT2D eigenvalue weighted by atomic mass is 10.2. The van der Waals surface area contributed by atoms with Gasteiger partial charge in [-0.1, -0.05) is 12.1 Å². The summed E-state index contributed by atoms with van der Waals surface area (Å²) in [6.07, 6.45) is 1.58. The number of nitrogens with zero attached hydrogens (tertiary/aromatic N) is 2. The molecule has 1 heterocycles. The maximum atomic E-state index is 13.1. The fraction of sp³-hybridized carbons (Fsp3) is 0.300. The minimum absolute atomic E-state index is 0.150. The van der Waals surface area contributed by atoms with Gasteiger partial charge in [-0.15, -0.1) is 0 Å². The minimum Gasteiger partial charge on any atom is -0.489 e. The molecule has 142 valence electrons. The minimum atomic E-state index is -0.279. The zero-order chi connectivity index (χ0) is 18.9. The average Bonchev–Trinajstić information content (AvgIpc) is 2.68. The molecule has 0 spiro atoms. The van der Waals surface area contributed by atoms with Gasteiger partial charge < -0.3 is 9.47 Å². The second kappa shape index (κ2) is 9.80. The number of nitrogens with one attached hydrogen (secondary N) is 1. The number of hydrogen-bond donors (Lipinski definition) is 1. The standard InChI is InChI=1S/C20H22FN3O3/c21-18-3-1-2-17(12-18)15-27-19-6-4-16(5-7-19)13-22-23-20(25)14-24-8-10-26-11-9-24/h1-7,12-13H,8-11,14-15H2,(H,23,25). The van der Waals surface area contributed by atoms with E-state index in [-0.39, 0.29) is 11.7 Å². The summed E-state index contributed by atoms with van der Waals surface area (Å²) < 4.78 is 24.0. The van der Waals surface area contributed by atoms with E-state index < -0.39 is 0 Å². The Morgan fingerprint density at radius 2 is 2.00 bits per heavy atom. The molecule has 0 radical (unpaired) electrons. The number of hydrogen-bond acceptors (Lipinski definition) is 5. The molecule has 7 heteroatoms. The first-order chi connectivity index (χ1) is 13.2. The normalized spacial score (nSPS) is 15.0. The monoisotopic (exact) mass is 371 g/mol. The zero-order valence-corrected chi connectivity index (χ0v) is 14.9. The highest BCUT2D eigenvalue weighted by Crippen LogP contribution is 2.14. The maximum absolute atomic E-state index is 13.1. The molecule has 0 saturated carbocycles. The fourth-order valence-corrected chi connectivity index (χ4v) is 2.62. The summed E-state index contributed by atoms with van der Waals surface area (Å²) in [6, 6.07) is 13.6. The summed E-state index contributed by atoms with van der Waals surface area (Å²) in [5.41, 5.74) is 4.13. The number of rotatable bonds is 7. The van der Waals surface area contributed by atoms with Gasteiger partial charge in [-0.3, -0.25) is 9.69 Å². The van der Waals surface area contributed by atoms with E-state index in [4.69, 9.17) is 9.47 Å². The first kappa shape index (κ1) is 19.0. The second-order valence-electron chi connectivity index (χ2n) is 6.17. The molecular formula is C20H22FN3O3. The number of benzene rings is 2. The molecule has 0 bridgehead atoms. The Hall–Kier alpha value is -2.77. The topological polar surface area (TPSA) is 63.2 Å². The van der Waals surface area contributed by atoms with Crippen molar-refractivity contribution in [1.82, 2.24) is 10.3 Å². The quantitative estimate of drug-likeness (QED) is 0.599. The van der Waals surface area contributed by atoms with Crippen molar-refractivity contribution >= 4 is 12.1 Å². The van der Waals surface area contributed by atoms with Gasteiger partial charge in [0.2, 0.25) is 0 Å². The van der Waals surface area contributed by atoms with Gasteiger partial charge in [0, 0.05) is 13.1 Å². The van der Waals surface area contributed by atoms with Crippen LogP contribution in [0, 0.1) is 5.82 Å². The van der Waals surface area contributed by atoms with Crippen LogP contribution in [0.3, 0.4) is 0 Å². The van der Waals surface area contributed by atoms with E-state index in [1.54, 1.807) is 24.4 Å². The first-order valence-corrected chi connectivity index (χ1v) is 8.78. The summed E-state index contributed by atoms with van der Waals surface area (Å²) in [6.45, 7) is 3.44. The molecule has 1 amide bonds. The molecule has 1 N–H and O–H groups in total. The average molecular weight is 371 g/mol. The molecular weight excluding hydrogens is 349 g/mol. The molecule has 27 heavy (non-hydrogen) atoms. The summed E-state index contributed by atoms with van der Waals surface area (Å²) in [5, 5.41) is 3.98. The van der Waals surface area contributed by atoms with Gasteiger partial charge in [-0.25, -0.2) is 9.82 Å². The van der Waals surface area contributed by atoms with Gasteiger partial charge in [0.15, 0.2) is 0 Å². The summed E-state index contributed by atoms with van der Waals surface area (Å²) in [4.78, 5) is 13.9. The maximum Gasteiger partial charge on any atom is 0.254 e. The second-order valence-corrected chi connectivity index (χ2v) is 6.17. The number of carbonyl (C=O) groups excluding carboxylic acids is 1. The molecule has 0 aromatic heterocycles. The van der Waals surface area contributed by atoms with Crippen molar-refractivity contribution in [2.75, 3.05) is 32.8 Å². The van der Waals surface area contributed by atoms with Crippen molar-refractivity contribution < 1.29 is 18.7 Å². The lowest BCUT2D eigenvalue weighted by Crippen LogP contribution is -2.42. The van der Waals surface area contributed by atoms with Crippen LogP contribution in [0.5, 0.6) is 5.75 Å². The lowest BCUT2D eigenvalue weighted by molar-refractivity contribution is -0.123.